The van der Waals surface area contributed by atoms with Crippen LogP contribution < -0.4 is 14.5 Å². The number of aryl methyl sites for hydroxylation is 1. The molecule has 2 amide bonds. The Labute approximate surface area is 173 Å². The van der Waals surface area contributed by atoms with E-state index in [1.165, 1.54) is 11.3 Å². The number of anilines is 3. The van der Waals surface area contributed by atoms with Crippen LogP contribution in [-0.4, -0.2) is 30.5 Å². The third-order valence-electron chi connectivity index (χ3n) is 4.87. The molecule has 0 N–H and O–H groups in total. The Hall–Kier alpha value is -3.19. The van der Waals surface area contributed by atoms with E-state index in [0.717, 1.165) is 17.1 Å². The van der Waals surface area contributed by atoms with Crippen LogP contribution in [0.4, 0.5) is 16.5 Å². The summed E-state index contributed by atoms with van der Waals surface area (Å²) in [6, 6.07) is 16.8. The number of amides is 2. The average Bonchev–Trinajstić information content (AvgIpc) is 3.34. The third kappa shape index (κ3) is 3.86. The highest BCUT2D eigenvalue weighted by Gasteiger charge is 2.38. The van der Waals surface area contributed by atoms with E-state index < -0.39 is 5.92 Å². The van der Waals surface area contributed by atoms with Crippen molar-refractivity contribution in [1.29, 1.82) is 0 Å². The van der Waals surface area contributed by atoms with E-state index in [4.69, 9.17) is 4.74 Å². The molecule has 148 valence electrons. The first-order chi connectivity index (χ1) is 14.1. The number of thiazole rings is 1. The summed E-state index contributed by atoms with van der Waals surface area (Å²) in [7, 11) is 1.59. The van der Waals surface area contributed by atoms with Crippen molar-refractivity contribution < 1.29 is 14.3 Å². The van der Waals surface area contributed by atoms with Gasteiger partial charge in [-0.2, -0.15) is 0 Å². The molecule has 1 aromatic heterocycles. The lowest BCUT2D eigenvalue weighted by Crippen LogP contribution is -2.34. The maximum Gasteiger partial charge on any atom is 0.238 e. The summed E-state index contributed by atoms with van der Waals surface area (Å²) >= 11 is 1.42. The molecule has 4 rings (SSSR count). The first kappa shape index (κ1) is 19.1. The maximum atomic E-state index is 13.5. The van der Waals surface area contributed by atoms with Gasteiger partial charge in [-0.05, 0) is 31.2 Å². The van der Waals surface area contributed by atoms with Crippen LogP contribution in [-0.2, 0) is 9.59 Å². The first-order valence-electron chi connectivity index (χ1n) is 9.32. The summed E-state index contributed by atoms with van der Waals surface area (Å²) in [6.45, 7) is 2.23. The van der Waals surface area contributed by atoms with Crippen LogP contribution >= 0.6 is 11.3 Å². The van der Waals surface area contributed by atoms with Crippen molar-refractivity contribution in [3.63, 3.8) is 0 Å². The molecule has 0 radical (unpaired) electrons. The molecule has 1 atom stereocenters. The minimum Gasteiger partial charge on any atom is -0.497 e. The highest BCUT2D eigenvalue weighted by Crippen LogP contribution is 2.34. The molecule has 29 heavy (non-hydrogen) atoms. The van der Waals surface area contributed by atoms with Gasteiger partial charge >= 0.3 is 0 Å². The van der Waals surface area contributed by atoms with Crippen molar-refractivity contribution in [2.24, 2.45) is 5.92 Å². The first-order valence-corrected chi connectivity index (χ1v) is 10.2. The monoisotopic (exact) mass is 407 g/mol. The van der Waals surface area contributed by atoms with E-state index in [2.05, 4.69) is 4.98 Å². The number of methoxy groups -OCH3 is 1. The van der Waals surface area contributed by atoms with E-state index in [1.807, 2.05) is 66.9 Å². The fourth-order valence-corrected chi connectivity index (χ4v) is 4.26. The smallest absolute Gasteiger partial charge is 0.238 e. The molecule has 1 aliphatic rings. The summed E-state index contributed by atoms with van der Waals surface area (Å²) in [6.07, 6.45) is 0.170. The standard InChI is InChI=1S/C22H21N3O3S/c1-15-14-29-22(23-15)25(17-7-4-3-5-8-17)21(27)16-11-20(26)24(13-16)18-9-6-10-19(12-18)28-2/h3-10,12,14,16H,11,13H2,1-2H3. The molecule has 1 saturated heterocycles. The van der Waals surface area contributed by atoms with Crippen LogP contribution in [0.25, 0.3) is 0 Å². The number of benzene rings is 2. The van der Waals surface area contributed by atoms with Gasteiger partial charge in [-0.3, -0.25) is 14.5 Å². The second-order valence-corrected chi connectivity index (χ2v) is 7.72. The van der Waals surface area contributed by atoms with Crippen molar-refractivity contribution in [2.45, 2.75) is 13.3 Å². The van der Waals surface area contributed by atoms with Gasteiger partial charge in [-0.1, -0.05) is 24.3 Å². The Morgan fingerprint density at radius 1 is 1.21 bits per heavy atom. The molecule has 1 fully saturated rings. The molecule has 1 unspecified atom stereocenters. The summed E-state index contributed by atoms with van der Waals surface area (Å²) < 4.78 is 5.26. The van der Waals surface area contributed by atoms with Gasteiger partial charge in [0.05, 0.1) is 24.4 Å². The normalized spacial score (nSPS) is 16.1. The molecule has 0 bridgehead atoms. The topological polar surface area (TPSA) is 62.7 Å². The van der Waals surface area contributed by atoms with E-state index in [0.29, 0.717) is 17.4 Å². The predicted molar refractivity (Wildman–Crippen MR) is 114 cm³/mol. The predicted octanol–water partition coefficient (Wildman–Crippen LogP) is 4.18. The zero-order chi connectivity index (χ0) is 20.4. The molecule has 6 nitrogen and oxygen atoms in total. The summed E-state index contributed by atoms with van der Waals surface area (Å²) in [4.78, 5) is 34.0. The number of para-hydroxylation sites is 1. The zero-order valence-corrected chi connectivity index (χ0v) is 17.1. The van der Waals surface area contributed by atoms with Crippen LogP contribution in [0.1, 0.15) is 12.1 Å². The number of hydrogen-bond donors (Lipinski definition) is 0. The van der Waals surface area contributed by atoms with Crippen molar-refractivity contribution in [1.82, 2.24) is 4.98 Å². The van der Waals surface area contributed by atoms with Crippen LogP contribution in [0.5, 0.6) is 5.75 Å². The highest BCUT2D eigenvalue weighted by molar-refractivity contribution is 7.14. The minimum absolute atomic E-state index is 0.0695. The van der Waals surface area contributed by atoms with E-state index >= 15 is 0 Å². The number of carbonyl (C=O) groups is 2. The lowest BCUT2D eigenvalue weighted by atomic mass is 10.1. The number of carbonyl (C=O) groups excluding carboxylic acids is 2. The lowest BCUT2D eigenvalue weighted by Gasteiger charge is -2.23. The fraction of sp³-hybridized carbons (Fsp3) is 0.227. The van der Waals surface area contributed by atoms with Crippen LogP contribution in [0.15, 0.2) is 60.0 Å². The molecule has 7 heteroatoms. The summed E-state index contributed by atoms with van der Waals surface area (Å²) in [5, 5.41) is 2.53. The molecule has 0 aliphatic carbocycles. The van der Waals surface area contributed by atoms with Crippen LogP contribution in [0, 0.1) is 12.8 Å². The molecular formula is C22H21N3O3S. The van der Waals surface area contributed by atoms with Gasteiger partial charge in [-0.15, -0.1) is 11.3 Å². The Bertz CT molecular complexity index is 1030. The van der Waals surface area contributed by atoms with Gasteiger partial charge in [0.15, 0.2) is 5.13 Å². The number of nitrogens with zero attached hydrogens (tertiary/aromatic N) is 3. The fourth-order valence-electron chi connectivity index (χ4n) is 3.44. The zero-order valence-electron chi connectivity index (χ0n) is 16.2. The van der Waals surface area contributed by atoms with Crippen molar-refractivity contribution in [2.75, 3.05) is 23.5 Å². The van der Waals surface area contributed by atoms with Gasteiger partial charge in [0.2, 0.25) is 11.8 Å². The quantitative estimate of drug-likeness (QED) is 0.637. The maximum absolute atomic E-state index is 13.5. The number of rotatable bonds is 5. The van der Waals surface area contributed by atoms with E-state index in [9.17, 15) is 9.59 Å². The number of hydrogen-bond acceptors (Lipinski definition) is 5. The molecule has 0 saturated carbocycles. The third-order valence-corrected chi connectivity index (χ3v) is 5.82. The summed E-state index contributed by atoms with van der Waals surface area (Å²) in [5.74, 6) is 0.0385. The van der Waals surface area contributed by atoms with Crippen LogP contribution in [0.2, 0.25) is 0 Å². The van der Waals surface area contributed by atoms with E-state index in [-0.39, 0.29) is 18.2 Å². The lowest BCUT2D eigenvalue weighted by molar-refractivity contribution is -0.123. The second-order valence-electron chi connectivity index (χ2n) is 6.89. The van der Waals surface area contributed by atoms with Crippen molar-refractivity contribution in [3.8, 4) is 5.75 Å². The molecule has 3 aromatic rings. The number of aromatic nitrogens is 1. The SMILES string of the molecule is COc1cccc(N2CC(C(=O)N(c3ccccc3)c3nc(C)cs3)CC2=O)c1. The van der Waals surface area contributed by atoms with E-state index in [1.54, 1.807) is 16.9 Å². The average molecular weight is 407 g/mol. The van der Waals surface area contributed by atoms with Gasteiger partial charge in [0, 0.05) is 30.1 Å². The van der Waals surface area contributed by atoms with Gasteiger partial charge in [0.25, 0.3) is 0 Å². The van der Waals surface area contributed by atoms with Gasteiger partial charge in [-0.25, -0.2) is 4.98 Å². The van der Waals surface area contributed by atoms with Gasteiger partial charge in [0.1, 0.15) is 5.75 Å². The molecule has 1 aliphatic heterocycles. The molecule has 0 spiro atoms. The largest absolute Gasteiger partial charge is 0.497 e. The Balaban J connectivity index is 1.62. The van der Waals surface area contributed by atoms with Crippen molar-refractivity contribution in [3.05, 3.63) is 65.7 Å². The highest BCUT2D eigenvalue weighted by atomic mass is 32.1. The Morgan fingerprint density at radius 3 is 2.69 bits per heavy atom. The minimum atomic E-state index is -0.446. The van der Waals surface area contributed by atoms with Crippen molar-refractivity contribution >= 4 is 39.7 Å². The Morgan fingerprint density at radius 2 is 2.00 bits per heavy atom. The molecule has 2 heterocycles. The Kier molecular flexibility index (Phi) is 5.31. The second kappa shape index (κ2) is 8.05. The summed E-state index contributed by atoms with van der Waals surface area (Å²) in [5.41, 5.74) is 2.35. The molecule has 2 aromatic carbocycles. The van der Waals surface area contributed by atoms with Gasteiger partial charge < -0.3 is 9.64 Å². The molecular weight excluding hydrogens is 386 g/mol. The number of ether oxygens (including phenoxy) is 1. The van der Waals surface area contributed by atoms with Crippen LogP contribution in [0.3, 0.4) is 0 Å².